The average Bonchev–Trinajstić information content (AvgIpc) is 3.41. The van der Waals surface area contributed by atoms with Crippen LogP contribution in [0.25, 0.3) is 0 Å². The average molecular weight is 329 g/mol. The number of hydrogen-bond acceptors (Lipinski definition) is 2. The lowest BCUT2D eigenvalue weighted by Gasteiger charge is -2.34. The predicted molar refractivity (Wildman–Crippen MR) is 97.9 cm³/mol. The molecule has 4 heteroatoms. The van der Waals surface area contributed by atoms with E-state index in [2.05, 4.69) is 47.5 Å². The lowest BCUT2D eigenvalue weighted by molar-refractivity contribution is 0.167. The van der Waals surface area contributed by atoms with Crippen molar-refractivity contribution in [2.45, 2.75) is 51.6 Å². The van der Waals surface area contributed by atoms with E-state index < -0.39 is 0 Å². The Balaban J connectivity index is 1.41. The molecule has 0 radical (unpaired) electrons. The van der Waals surface area contributed by atoms with E-state index in [9.17, 15) is 4.79 Å². The number of urea groups is 1. The van der Waals surface area contributed by atoms with Crippen LogP contribution in [0.15, 0.2) is 30.3 Å². The number of carbonyl (C=O) groups excluding carboxylic acids is 1. The Morgan fingerprint density at radius 1 is 1.17 bits per heavy atom. The van der Waals surface area contributed by atoms with Crippen molar-refractivity contribution in [2.24, 2.45) is 5.92 Å². The second kappa shape index (κ2) is 8.52. The van der Waals surface area contributed by atoms with Gasteiger partial charge >= 0.3 is 6.03 Å². The molecule has 1 aromatic rings. The van der Waals surface area contributed by atoms with Gasteiger partial charge in [-0.25, -0.2) is 4.79 Å². The molecule has 0 atom stereocenters. The highest BCUT2D eigenvalue weighted by molar-refractivity contribution is 5.74. The number of likely N-dealkylation sites (tertiary alicyclic amines) is 1. The van der Waals surface area contributed by atoms with Gasteiger partial charge in [0.1, 0.15) is 0 Å². The fraction of sp³-hybridized carbons (Fsp3) is 0.650. The van der Waals surface area contributed by atoms with Gasteiger partial charge in [0.25, 0.3) is 0 Å². The number of amides is 2. The Morgan fingerprint density at radius 2 is 1.88 bits per heavy atom. The zero-order valence-corrected chi connectivity index (χ0v) is 14.9. The van der Waals surface area contributed by atoms with Gasteiger partial charge in [0, 0.05) is 38.8 Å². The largest absolute Gasteiger partial charge is 0.335 e. The van der Waals surface area contributed by atoms with Crippen LogP contribution in [0.2, 0.25) is 0 Å². The summed E-state index contributed by atoms with van der Waals surface area (Å²) in [5.74, 6) is 0.759. The van der Waals surface area contributed by atoms with E-state index >= 15 is 0 Å². The summed E-state index contributed by atoms with van der Waals surface area (Å²) in [6.45, 7) is 7.13. The Bertz CT molecular complexity index is 507. The molecule has 2 amide bonds. The van der Waals surface area contributed by atoms with Crippen molar-refractivity contribution in [1.82, 2.24) is 15.1 Å². The summed E-state index contributed by atoms with van der Waals surface area (Å²) >= 11 is 0. The molecule has 1 aromatic carbocycles. The second-order valence-corrected chi connectivity index (χ2v) is 7.37. The number of rotatable bonds is 7. The number of carbonyl (C=O) groups is 1. The molecule has 1 saturated carbocycles. The monoisotopic (exact) mass is 329 g/mol. The highest BCUT2D eigenvalue weighted by Gasteiger charge is 2.28. The Kier molecular flexibility index (Phi) is 6.13. The zero-order valence-electron chi connectivity index (χ0n) is 14.9. The number of nitrogens with one attached hydrogen (secondary N) is 1. The van der Waals surface area contributed by atoms with Gasteiger partial charge < -0.3 is 10.2 Å². The molecule has 1 heterocycles. The van der Waals surface area contributed by atoms with E-state index in [4.69, 9.17) is 0 Å². The van der Waals surface area contributed by atoms with Crippen molar-refractivity contribution < 1.29 is 4.79 Å². The molecule has 4 nitrogen and oxygen atoms in total. The van der Waals surface area contributed by atoms with E-state index in [0.717, 1.165) is 57.9 Å². The van der Waals surface area contributed by atoms with Gasteiger partial charge in [-0.2, -0.15) is 0 Å². The van der Waals surface area contributed by atoms with Crippen molar-refractivity contribution in [3.05, 3.63) is 35.9 Å². The highest BCUT2D eigenvalue weighted by atomic mass is 16.2. The number of nitrogens with zero attached hydrogens (tertiary/aromatic N) is 2. The quantitative estimate of drug-likeness (QED) is 0.831. The molecule has 2 fully saturated rings. The summed E-state index contributed by atoms with van der Waals surface area (Å²) in [6.07, 6.45) is 5.75. The van der Waals surface area contributed by atoms with Crippen molar-refractivity contribution >= 4 is 6.03 Å². The number of benzene rings is 1. The Morgan fingerprint density at radius 3 is 2.50 bits per heavy atom. The van der Waals surface area contributed by atoms with E-state index in [-0.39, 0.29) is 6.03 Å². The van der Waals surface area contributed by atoms with Crippen molar-refractivity contribution in [1.29, 1.82) is 0 Å². The van der Waals surface area contributed by atoms with Crippen molar-refractivity contribution in [3.8, 4) is 0 Å². The maximum Gasteiger partial charge on any atom is 0.317 e. The predicted octanol–water partition coefficient (Wildman–Crippen LogP) is 3.48. The summed E-state index contributed by atoms with van der Waals surface area (Å²) in [5, 5.41) is 3.28. The molecular weight excluding hydrogens is 298 g/mol. The third-order valence-corrected chi connectivity index (χ3v) is 5.12. The van der Waals surface area contributed by atoms with E-state index in [1.807, 2.05) is 4.90 Å². The summed E-state index contributed by atoms with van der Waals surface area (Å²) < 4.78 is 0. The molecule has 24 heavy (non-hydrogen) atoms. The van der Waals surface area contributed by atoms with Crippen LogP contribution < -0.4 is 5.32 Å². The van der Waals surface area contributed by atoms with Crippen LogP contribution in [0.4, 0.5) is 4.79 Å². The van der Waals surface area contributed by atoms with Gasteiger partial charge in [-0.1, -0.05) is 37.3 Å². The maximum atomic E-state index is 12.5. The minimum absolute atomic E-state index is 0.158. The molecule has 0 aromatic heterocycles. The van der Waals surface area contributed by atoms with Crippen LogP contribution in [-0.4, -0.2) is 48.1 Å². The van der Waals surface area contributed by atoms with Gasteiger partial charge in [0.2, 0.25) is 0 Å². The molecule has 1 aliphatic carbocycles. The lowest BCUT2D eigenvalue weighted by Crippen LogP contribution is -2.49. The Hall–Kier alpha value is -1.55. The molecule has 2 aliphatic rings. The molecule has 1 aliphatic heterocycles. The van der Waals surface area contributed by atoms with Gasteiger partial charge in [-0.15, -0.1) is 0 Å². The van der Waals surface area contributed by atoms with Crippen LogP contribution >= 0.6 is 0 Å². The van der Waals surface area contributed by atoms with Gasteiger partial charge in [0.15, 0.2) is 0 Å². The minimum Gasteiger partial charge on any atom is -0.335 e. The van der Waals surface area contributed by atoms with E-state index in [1.165, 1.54) is 18.4 Å². The standard InChI is InChI=1S/C20H31N3O/c1-2-12-23(16-18-8-9-18)20(24)21-19-10-13-22(14-11-19)15-17-6-4-3-5-7-17/h3-7,18-19H,2,8-16H2,1H3,(H,21,24). The third kappa shape index (κ3) is 5.23. The van der Waals surface area contributed by atoms with Crippen LogP contribution in [0, 0.1) is 5.92 Å². The zero-order chi connectivity index (χ0) is 16.8. The second-order valence-electron chi connectivity index (χ2n) is 7.37. The van der Waals surface area contributed by atoms with Crippen molar-refractivity contribution in [3.63, 3.8) is 0 Å². The molecule has 3 rings (SSSR count). The maximum absolute atomic E-state index is 12.5. The summed E-state index contributed by atoms with van der Waals surface area (Å²) in [5.41, 5.74) is 1.37. The summed E-state index contributed by atoms with van der Waals surface area (Å²) in [4.78, 5) is 17.1. The Labute approximate surface area is 146 Å². The van der Waals surface area contributed by atoms with E-state index in [1.54, 1.807) is 0 Å². The molecule has 0 spiro atoms. The van der Waals surface area contributed by atoms with Gasteiger partial charge in [-0.05, 0) is 43.6 Å². The first-order valence-electron chi connectivity index (χ1n) is 9.56. The molecule has 132 valence electrons. The molecule has 1 N–H and O–H groups in total. The molecular formula is C20H31N3O. The fourth-order valence-electron chi connectivity index (χ4n) is 3.50. The first-order valence-corrected chi connectivity index (χ1v) is 9.56. The first-order chi connectivity index (χ1) is 11.7. The molecule has 0 unspecified atom stereocenters. The third-order valence-electron chi connectivity index (χ3n) is 5.12. The molecule has 0 bridgehead atoms. The normalized spacial score (nSPS) is 19.2. The van der Waals surface area contributed by atoms with Crippen LogP contribution in [0.1, 0.15) is 44.6 Å². The van der Waals surface area contributed by atoms with E-state index in [0.29, 0.717) is 6.04 Å². The van der Waals surface area contributed by atoms with Crippen molar-refractivity contribution in [2.75, 3.05) is 26.2 Å². The smallest absolute Gasteiger partial charge is 0.317 e. The van der Waals surface area contributed by atoms with Crippen LogP contribution in [0.5, 0.6) is 0 Å². The number of piperidine rings is 1. The topological polar surface area (TPSA) is 35.6 Å². The molecule has 1 saturated heterocycles. The van der Waals surface area contributed by atoms with Crippen LogP contribution in [0.3, 0.4) is 0 Å². The SMILES string of the molecule is CCCN(CC1CC1)C(=O)NC1CCN(Cc2ccccc2)CC1. The highest BCUT2D eigenvalue weighted by Crippen LogP contribution is 2.29. The van der Waals surface area contributed by atoms with Gasteiger partial charge in [0.05, 0.1) is 0 Å². The van der Waals surface area contributed by atoms with Gasteiger partial charge in [-0.3, -0.25) is 4.90 Å². The minimum atomic E-state index is 0.158. The summed E-state index contributed by atoms with van der Waals surface area (Å²) in [6, 6.07) is 11.1. The summed E-state index contributed by atoms with van der Waals surface area (Å²) in [7, 11) is 0. The fourth-order valence-corrected chi connectivity index (χ4v) is 3.50. The van der Waals surface area contributed by atoms with Crippen LogP contribution in [-0.2, 0) is 6.54 Å². The first kappa shape index (κ1) is 17.3. The number of hydrogen-bond donors (Lipinski definition) is 1. The lowest BCUT2D eigenvalue weighted by atomic mass is 10.0.